The van der Waals surface area contributed by atoms with E-state index >= 15 is 0 Å². The Hall–Kier alpha value is -0.930. The third kappa shape index (κ3) is 2.36. The summed E-state index contributed by atoms with van der Waals surface area (Å²) in [6.45, 7) is 5.31. The van der Waals surface area contributed by atoms with Crippen LogP contribution in [0.25, 0.3) is 0 Å². The molecule has 0 spiro atoms. The van der Waals surface area contributed by atoms with Gasteiger partial charge < -0.3 is 10.1 Å². The van der Waals surface area contributed by atoms with Crippen molar-refractivity contribution in [1.29, 1.82) is 0 Å². The highest BCUT2D eigenvalue weighted by molar-refractivity contribution is 5.22. The molecule has 0 radical (unpaired) electrons. The fraction of sp³-hybridized carbons (Fsp3) is 0.500. The summed E-state index contributed by atoms with van der Waals surface area (Å²) in [6, 6.07) is 6.79. The first-order chi connectivity index (χ1) is 7.08. The van der Waals surface area contributed by atoms with E-state index in [-0.39, 0.29) is 17.4 Å². The molecule has 2 rings (SSSR count). The normalized spacial score (nSPS) is 25.1. The molecule has 1 saturated heterocycles. The molecule has 1 heterocycles. The van der Waals surface area contributed by atoms with Crippen LogP contribution in [0.5, 0.6) is 0 Å². The molecule has 1 unspecified atom stereocenters. The predicted molar refractivity (Wildman–Crippen MR) is 57.2 cm³/mol. The third-order valence-corrected chi connectivity index (χ3v) is 2.59. The summed E-state index contributed by atoms with van der Waals surface area (Å²) in [5.74, 6) is -0.170. The number of benzene rings is 1. The van der Waals surface area contributed by atoms with E-state index in [4.69, 9.17) is 4.74 Å². The van der Waals surface area contributed by atoms with E-state index in [0.29, 0.717) is 18.8 Å². The summed E-state index contributed by atoms with van der Waals surface area (Å²) in [5.41, 5.74) is 0.593. The first kappa shape index (κ1) is 10.6. The zero-order chi connectivity index (χ0) is 10.9. The van der Waals surface area contributed by atoms with Crippen LogP contribution in [0.2, 0.25) is 0 Å². The summed E-state index contributed by atoms with van der Waals surface area (Å²) in [6.07, 6.45) is 0. The van der Waals surface area contributed by atoms with Gasteiger partial charge in [0.05, 0.1) is 19.3 Å². The first-order valence-corrected chi connectivity index (χ1v) is 5.18. The van der Waals surface area contributed by atoms with Crippen molar-refractivity contribution < 1.29 is 9.13 Å². The lowest BCUT2D eigenvalue weighted by Gasteiger charge is -2.37. The molecule has 82 valence electrons. The number of hydrogen-bond donors (Lipinski definition) is 1. The average Bonchev–Trinajstić information content (AvgIpc) is 2.17. The fourth-order valence-corrected chi connectivity index (χ4v) is 1.91. The van der Waals surface area contributed by atoms with E-state index in [9.17, 15) is 4.39 Å². The van der Waals surface area contributed by atoms with Crippen LogP contribution in [0.15, 0.2) is 24.3 Å². The molecule has 0 aliphatic carbocycles. The van der Waals surface area contributed by atoms with Crippen molar-refractivity contribution in [3.8, 4) is 0 Å². The lowest BCUT2D eigenvalue weighted by molar-refractivity contribution is 0.0119. The van der Waals surface area contributed by atoms with Crippen LogP contribution in [0.4, 0.5) is 4.39 Å². The number of hydrogen-bond acceptors (Lipinski definition) is 2. The summed E-state index contributed by atoms with van der Waals surface area (Å²) < 4.78 is 19.0. The fourth-order valence-electron chi connectivity index (χ4n) is 1.91. The van der Waals surface area contributed by atoms with Crippen molar-refractivity contribution >= 4 is 0 Å². The molecule has 1 fully saturated rings. The Morgan fingerprint density at radius 3 is 2.80 bits per heavy atom. The van der Waals surface area contributed by atoms with Gasteiger partial charge in [-0.2, -0.15) is 0 Å². The van der Waals surface area contributed by atoms with E-state index in [1.54, 1.807) is 12.1 Å². The molecular weight excluding hydrogens is 193 g/mol. The monoisotopic (exact) mass is 209 g/mol. The molecule has 0 amide bonds. The Kier molecular flexibility index (Phi) is 2.76. The van der Waals surface area contributed by atoms with Crippen LogP contribution in [0, 0.1) is 5.82 Å². The van der Waals surface area contributed by atoms with Gasteiger partial charge in [-0.05, 0) is 19.9 Å². The van der Waals surface area contributed by atoms with Gasteiger partial charge in [-0.3, -0.25) is 0 Å². The molecule has 0 saturated carbocycles. The molecule has 3 heteroatoms. The molecule has 1 atom stereocenters. The predicted octanol–water partition coefficient (Wildman–Crippen LogP) is 2.27. The van der Waals surface area contributed by atoms with Gasteiger partial charge in [-0.25, -0.2) is 4.39 Å². The first-order valence-electron chi connectivity index (χ1n) is 5.18. The highest BCUT2D eigenvalue weighted by Crippen LogP contribution is 2.23. The second-order valence-electron chi connectivity index (χ2n) is 4.62. The maximum atomic E-state index is 13.5. The molecule has 1 N–H and O–H groups in total. The quantitative estimate of drug-likeness (QED) is 0.766. The summed E-state index contributed by atoms with van der Waals surface area (Å²) in [4.78, 5) is 0. The van der Waals surface area contributed by atoms with E-state index < -0.39 is 0 Å². The van der Waals surface area contributed by atoms with E-state index in [0.717, 1.165) is 0 Å². The summed E-state index contributed by atoms with van der Waals surface area (Å²) in [5, 5.41) is 3.38. The zero-order valence-electron chi connectivity index (χ0n) is 9.09. The summed E-state index contributed by atoms with van der Waals surface area (Å²) in [7, 11) is 0. The number of nitrogens with one attached hydrogen (secondary N) is 1. The SMILES string of the molecule is CC1(C)COCC(c2ccccc2F)N1. The van der Waals surface area contributed by atoms with Gasteiger partial charge in [-0.1, -0.05) is 18.2 Å². The van der Waals surface area contributed by atoms with Gasteiger partial charge in [0.15, 0.2) is 0 Å². The van der Waals surface area contributed by atoms with Crippen molar-refractivity contribution in [1.82, 2.24) is 5.32 Å². The summed E-state index contributed by atoms with van der Waals surface area (Å²) >= 11 is 0. The Labute approximate surface area is 89.4 Å². The van der Waals surface area contributed by atoms with Crippen LogP contribution in [0.3, 0.4) is 0 Å². The van der Waals surface area contributed by atoms with Gasteiger partial charge in [0, 0.05) is 11.1 Å². The molecule has 2 nitrogen and oxygen atoms in total. The highest BCUT2D eigenvalue weighted by atomic mass is 19.1. The number of ether oxygens (including phenoxy) is 1. The van der Waals surface area contributed by atoms with Gasteiger partial charge in [0.2, 0.25) is 0 Å². The van der Waals surface area contributed by atoms with Crippen LogP contribution in [0.1, 0.15) is 25.5 Å². The van der Waals surface area contributed by atoms with Crippen molar-refractivity contribution in [2.45, 2.75) is 25.4 Å². The maximum Gasteiger partial charge on any atom is 0.128 e. The maximum absolute atomic E-state index is 13.5. The van der Waals surface area contributed by atoms with Gasteiger partial charge in [-0.15, -0.1) is 0 Å². The van der Waals surface area contributed by atoms with Crippen molar-refractivity contribution in [2.24, 2.45) is 0 Å². The minimum atomic E-state index is -0.170. The van der Waals surface area contributed by atoms with Gasteiger partial charge >= 0.3 is 0 Å². The topological polar surface area (TPSA) is 21.3 Å². The zero-order valence-corrected chi connectivity index (χ0v) is 9.09. The minimum absolute atomic E-state index is 0.0463. The van der Waals surface area contributed by atoms with E-state index in [2.05, 4.69) is 19.2 Å². The van der Waals surface area contributed by atoms with Gasteiger partial charge in [0.25, 0.3) is 0 Å². The lowest BCUT2D eigenvalue weighted by atomic mass is 9.98. The molecule has 1 aromatic rings. The average molecular weight is 209 g/mol. The molecule has 0 aromatic heterocycles. The Bertz CT molecular complexity index is 351. The van der Waals surface area contributed by atoms with Crippen molar-refractivity contribution in [3.63, 3.8) is 0 Å². The Morgan fingerprint density at radius 2 is 2.13 bits per heavy atom. The van der Waals surface area contributed by atoms with Crippen molar-refractivity contribution in [2.75, 3.05) is 13.2 Å². The van der Waals surface area contributed by atoms with Crippen LogP contribution >= 0.6 is 0 Å². The van der Waals surface area contributed by atoms with E-state index in [1.165, 1.54) is 6.07 Å². The molecule has 15 heavy (non-hydrogen) atoms. The molecule has 1 aliphatic heterocycles. The molecule has 1 aromatic carbocycles. The molecular formula is C12H16FNO. The van der Waals surface area contributed by atoms with Crippen LogP contribution < -0.4 is 5.32 Å². The second-order valence-corrected chi connectivity index (χ2v) is 4.62. The Balaban J connectivity index is 2.21. The van der Waals surface area contributed by atoms with Crippen molar-refractivity contribution in [3.05, 3.63) is 35.6 Å². The molecule has 1 aliphatic rings. The minimum Gasteiger partial charge on any atom is -0.378 e. The number of rotatable bonds is 1. The highest BCUT2D eigenvalue weighted by Gasteiger charge is 2.29. The smallest absolute Gasteiger partial charge is 0.128 e. The number of morpholine rings is 1. The number of halogens is 1. The Morgan fingerprint density at radius 1 is 1.40 bits per heavy atom. The van der Waals surface area contributed by atoms with Crippen LogP contribution in [-0.2, 0) is 4.74 Å². The molecule has 0 bridgehead atoms. The third-order valence-electron chi connectivity index (χ3n) is 2.59. The second kappa shape index (κ2) is 3.91. The standard InChI is InChI=1S/C12H16FNO/c1-12(2)8-15-7-11(14-12)9-5-3-4-6-10(9)13/h3-6,11,14H,7-8H2,1-2H3. The largest absolute Gasteiger partial charge is 0.378 e. The van der Waals surface area contributed by atoms with Gasteiger partial charge in [0.1, 0.15) is 5.82 Å². The van der Waals surface area contributed by atoms with Crippen LogP contribution in [-0.4, -0.2) is 18.8 Å². The lowest BCUT2D eigenvalue weighted by Crippen LogP contribution is -2.51. The van der Waals surface area contributed by atoms with E-state index in [1.807, 2.05) is 6.07 Å².